The molecule has 0 radical (unpaired) electrons. The van der Waals surface area contributed by atoms with Gasteiger partial charge in [0.25, 0.3) is 0 Å². The fourth-order valence-corrected chi connectivity index (χ4v) is 2.53. The third-order valence-electron chi connectivity index (χ3n) is 3.80. The highest BCUT2D eigenvalue weighted by atomic mass is 16.5. The van der Waals surface area contributed by atoms with E-state index in [-0.39, 0.29) is 18.3 Å². The van der Waals surface area contributed by atoms with Crippen LogP contribution in [-0.2, 0) is 14.3 Å². The second-order valence-corrected chi connectivity index (χ2v) is 5.13. The number of methoxy groups -OCH3 is 2. The van der Waals surface area contributed by atoms with Gasteiger partial charge in [0.2, 0.25) is 5.91 Å². The fraction of sp³-hybridized carbons (Fsp3) is 0.500. The van der Waals surface area contributed by atoms with Gasteiger partial charge < -0.3 is 19.5 Å². The molecule has 126 valence electrons. The lowest BCUT2D eigenvalue weighted by molar-refractivity contribution is -0.158. The Labute approximate surface area is 135 Å². The van der Waals surface area contributed by atoms with E-state index in [1.807, 2.05) is 11.8 Å². The van der Waals surface area contributed by atoms with Gasteiger partial charge in [-0.3, -0.25) is 14.5 Å². The number of hydrogen-bond acceptors (Lipinski definition) is 6. The average Bonchev–Trinajstić information content (AvgIpc) is 2.57. The van der Waals surface area contributed by atoms with Gasteiger partial charge in [-0.1, -0.05) is 6.92 Å². The molecule has 7 nitrogen and oxygen atoms in total. The highest BCUT2D eigenvalue weighted by Crippen LogP contribution is 2.29. The second-order valence-electron chi connectivity index (χ2n) is 5.13. The zero-order chi connectivity index (χ0) is 16.8. The van der Waals surface area contributed by atoms with Gasteiger partial charge in [0, 0.05) is 12.6 Å². The number of nitrogens with zero attached hydrogens (tertiary/aromatic N) is 1. The first kappa shape index (κ1) is 17.1. The van der Waals surface area contributed by atoms with Crippen molar-refractivity contribution in [3.63, 3.8) is 0 Å². The Hall–Kier alpha value is -2.28. The van der Waals surface area contributed by atoms with Crippen molar-refractivity contribution in [1.29, 1.82) is 0 Å². The van der Waals surface area contributed by atoms with E-state index >= 15 is 0 Å². The number of likely N-dealkylation sites (N-methyl/N-ethyl adjacent to an activating group) is 1. The molecule has 7 heteroatoms. The van der Waals surface area contributed by atoms with Crippen LogP contribution in [0.25, 0.3) is 0 Å². The molecule has 0 spiro atoms. The molecule has 0 unspecified atom stereocenters. The predicted octanol–water partition coefficient (Wildman–Crippen LogP) is 1.28. The molecule has 1 aromatic carbocycles. The summed E-state index contributed by atoms with van der Waals surface area (Å²) in [5.41, 5.74) is 0.533. The van der Waals surface area contributed by atoms with Gasteiger partial charge in [-0.15, -0.1) is 0 Å². The molecule has 2 rings (SSSR count). The third-order valence-corrected chi connectivity index (χ3v) is 3.80. The van der Waals surface area contributed by atoms with Crippen molar-refractivity contribution in [2.24, 2.45) is 0 Å². The number of hydrogen-bond donors (Lipinski definition) is 1. The van der Waals surface area contributed by atoms with Crippen LogP contribution in [0, 0.1) is 0 Å². The van der Waals surface area contributed by atoms with Crippen LogP contribution in [0.4, 0.5) is 5.69 Å². The summed E-state index contributed by atoms with van der Waals surface area (Å²) < 4.78 is 15.4. The molecule has 1 amide bonds. The maximum atomic E-state index is 12.3. The zero-order valence-corrected chi connectivity index (χ0v) is 13.6. The smallest absolute Gasteiger partial charge is 0.323 e. The van der Waals surface area contributed by atoms with Crippen LogP contribution < -0.4 is 14.8 Å². The van der Waals surface area contributed by atoms with Crippen LogP contribution in [0.5, 0.6) is 11.5 Å². The van der Waals surface area contributed by atoms with Gasteiger partial charge in [0.05, 0.1) is 26.3 Å². The lowest BCUT2D eigenvalue weighted by Gasteiger charge is -2.32. The summed E-state index contributed by atoms with van der Waals surface area (Å²) in [5.74, 6) is 0.509. The standard InChI is InChI=1S/C16H22N2O5/c1-4-18-7-8-23-16(20)13(18)10-15(19)17-12-6-5-11(21-2)9-14(12)22-3/h5-6,9,13H,4,7-8,10H2,1-3H3,(H,17,19)/t13-/m1/s1. The molecule has 1 heterocycles. The van der Waals surface area contributed by atoms with Crippen molar-refractivity contribution < 1.29 is 23.8 Å². The summed E-state index contributed by atoms with van der Waals surface area (Å²) in [4.78, 5) is 26.1. The van der Waals surface area contributed by atoms with Crippen molar-refractivity contribution in [3.8, 4) is 11.5 Å². The summed E-state index contributed by atoms with van der Waals surface area (Å²) in [5, 5.41) is 2.77. The summed E-state index contributed by atoms with van der Waals surface area (Å²) >= 11 is 0. The number of benzene rings is 1. The van der Waals surface area contributed by atoms with E-state index in [0.29, 0.717) is 36.9 Å². The Morgan fingerprint density at radius 3 is 2.83 bits per heavy atom. The Bertz CT molecular complexity index is 576. The highest BCUT2D eigenvalue weighted by Gasteiger charge is 2.32. The quantitative estimate of drug-likeness (QED) is 0.795. The van der Waals surface area contributed by atoms with E-state index in [1.165, 1.54) is 7.11 Å². The van der Waals surface area contributed by atoms with Crippen LogP contribution in [0.1, 0.15) is 13.3 Å². The number of carbonyl (C=O) groups excluding carboxylic acids is 2. The van der Waals surface area contributed by atoms with E-state index in [0.717, 1.165) is 0 Å². The predicted molar refractivity (Wildman–Crippen MR) is 84.8 cm³/mol. The molecule has 1 N–H and O–H groups in total. The van der Waals surface area contributed by atoms with Crippen LogP contribution >= 0.6 is 0 Å². The minimum atomic E-state index is -0.544. The molecule has 1 aromatic rings. The van der Waals surface area contributed by atoms with E-state index in [1.54, 1.807) is 25.3 Å². The number of nitrogens with one attached hydrogen (secondary N) is 1. The lowest BCUT2D eigenvalue weighted by atomic mass is 10.1. The second kappa shape index (κ2) is 7.82. The maximum Gasteiger partial charge on any atom is 0.323 e. The molecule has 1 saturated heterocycles. The first-order chi connectivity index (χ1) is 11.1. The number of cyclic esters (lactones) is 1. The van der Waals surface area contributed by atoms with Crippen molar-refractivity contribution >= 4 is 17.6 Å². The molecule has 1 atom stereocenters. The molecule has 1 aliphatic rings. The van der Waals surface area contributed by atoms with Crippen LogP contribution in [0.2, 0.25) is 0 Å². The van der Waals surface area contributed by atoms with Crippen LogP contribution in [-0.4, -0.2) is 56.7 Å². The van der Waals surface area contributed by atoms with E-state index in [4.69, 9.17) is 14.2 Å². The Morgan fingerprint density at radius 1 is 1.39 bits per heavy atom. The van der Waals surface area contributed by atoms with Crippen LogP contribution in [0.15, 0.2) is 18.2 Å². The summed E-state index contributed by atoms with van der Waals surface area (Å²) in [7, 11) is 3.07. The van der Waals surface area contributed by atoms with Gasteiger partial charge in [0.1, 0.15) is 24.1 Å². The molecule has 23 heavy (non-hydrogen) atoms. The van der Waals surface area contributed by atoms with E-state index in [9.17, 15) is 9.59 Å². The Morgan fingerprint density at radius 2 is 2.17 bits per heavy atom. The fourth-order valence-electron chi connectivity index (χ4n) is 2.53. The molecular weight excluding hydrogens is 300 g/mol. The number of anilines is 1. The lowest BCUT2D eigenvalue weighted by Crippen LogP contribution is -2.50. The van der Waals surface area contributed by atoms with Crippen molar-refractivity contribution in [3.05, 3.63) is 18.2 Å². The first-order valence-electron chi connectivity index (χ1n) is 7.51. The number of morpholine rings is 1. The monoisotopic (exact) mass is 322 g/mol. The summed E-state index contributed by atoms with van der Waals surface area (Å²) in [6.07, 6.45) is 0.0435. The van der Waals surface area contributed by atoms with Gasteiger partial charge in [0.15, 0.2) is 0 Å². The van der Waals surface area contributed by atoms with Gasteiger partial charge in [-0.2, -0.15) is 0 Å². The van der Waals surface area contributed by atoms with Gasteiger partial charge in [-0.25, -0.2) is 0 Å². The van der Waals surface area contributed by atoms with Crippen molar-refractivity contribution in [2.75, 3.05) is 39.2 Å². The molecule has 0 aliphatic carbocycles. The SMILES string of the molecule is CCN1CCOC(=O)[C@H]1CC(=O)Nc1ccc(OC)cc1OC. The van der Waals surface area contributed by atoms with Gasteiger partial charge in [-0.05, 0) is 18.7 Å². The van der Waals surface area contributed by atoms with Gasteiger partial charge >= 0.3 is 5.97 Å². The molecule has 0 saturated carbocycles. The zero-order valence-electron chi connectivity index (χ0n) is 13.6. The molecular formula is C16H22N2O5. The largest absolute Gasteiger partial charge is 0.497 e. The number of carbonyl (C=O) groups is 2. The summed E-state index contributed by atoms with van der Waals surface area (Å²) in [6.45, 7) is 3.66. The minimum Gasteiger partial charge on any atom is -0.497 e. The van der Waals surface area contributed by atoms with Crippen LogP contribution in [0.3, 0.4) is 0 Å². The summed E-state index contributed by atoms with van der Waals surface area (Å²) in [6, 6.07) is 4.57. The maximum absolute atomic E-state index is 12.3. The molecule has 1 aliphatic heterocycles. The third kappa shape index (κ3) is 4.13. The number of rotatable bonds is 6. The number of amides is 1. The Kier molecular flexibility index (Phi) is 5.81. The number of esters is 1. The molecule has 1 fully saturated rings. The average molecular weight is 322 g/mol. The molecule has 0 aromatic heterocycles. The topological polar surface area (TPSA) is 77.1 Å². The first-order valence-corrected chi connectivity index (χ1v) is 7.51. The van der Waals surface area contributed by atoms with E-state index < -0.39 is 6.04 Å². The van der Waals surface area contributed by atoms with Crippen molar-refractivity contribution in [1.82, 2.24) is 4.90 Å². The Balaban J connectivity index is 2.05. The number of ether oxygens (including phenoxy) is 3. The van der Waals surface area contributed by atoms with E-state index in [2.05, 4.69) is 5.32 Å². The molecule has 0 bridgehead atoms. The van der Waals surface area contributed by atoms with Crippen molar-refractivity contribution in [2.45, 2.75) is 19.4 Å². The highest BCUT2D eigenvalue weighted by molar-refractivity contribution is 5.95. The normalized spacial score (nSPS) is 18.2. The minimum absolute atomic E-state index is 0.0435.